The first-order valence-corrected chi connectivity index (χ1v) is 6.34. The van der Waals surface area contributed by atoms with E-state index >= 15 is 0 Å². The van der Waals surface area contributed by atoms with Gasteiger partial charge in [-0.3, -0.25) is 0 Å². The van der Waals surface area contributed by atoms with Gasteiger partial charge in [-0.05, 0) is 30.2 Å². The number of nitriles is 1. The summed E-state index contributed by atoms with van der Waals surface area (Å²) in [6, 6.07) is 5.86. The van der Waals surface area contributed by atoms with Crippen molar-refractivity contribution in [2.75, 3.05) is 6.61 Å². The molecule has 0 aliphatic heterocycles. The largest absolute Gasteiger partial charge is 0.462 e. The van der Waals surface area contributed by atoms with Gasteiger partial charge in [0, 0.05) is 0 Å². The summed E-state index contributed by atoms with van der Waals surface area (Å²) in [6.07, 6.45) is -1.68. The molecule has 1 aromatic rings. The molecule has 0 amide bonds. The minimum absolute atomic E-state index is 0.210. The molecule has 0 atom stereocenters. The first kappa shape index (κ1) is 16.8. The molecule has 0 unspecified atom stereocenters. The summed E-state index contributed by atoms with van der Waals surface area (Å²) in [5, 5.41) is 8.90. The van der Waals surface area contributed by atoms with E-state index in [0.717, 1.165) is 18.6 Å². The van der Waals surface area contributed by atoms with Gasteiger partial charge in [-0.1, -0.05) is 25.5 Å². The van der Waals surface area contributed by atoms with E-state index in [1.807, 2.05) is 6.92 Å². The highest BCUT2D eigenvalue weighted by molar-refractivity contribution is 5.97. The molecule has 6 heteroatoms. The number of unbranched alkanes of at least 4 members (excludes halogenated alkanes) is 1. The van der Waals surface area contributed by atoms with E-state index in [0.29, 0.717) is 12.0 Å². The van der Waals surface area contributed by atoms with Crippen LogP contribution in [-0.4, -0.2) is 12.6 Å². The molecule has 0 N–H and O–H groups in total. The van der Waals surface area contributed by atoms with Crippen LogP contribution in [0.1, 0.15) is 30.9 Å². The Bertz CT molecular complexity index is 554. The number of carbonyl (C=O) groups excluding carboxylic acids is 1. The van der Waals surface area contributed by atoms with Gasteiger partial charge in [0.2, 0.25) is 0 Å². The first-order valence-electron chi connectivity index (χ1n) is 6.34. The Morgan fingerprint density at radius 2 is 1.95 bits per heavy atom. The molecule has 0 aliphatic carbocycles. The molecule has 3 nitrogen and oxygen atoms in total. The fourth-order valence-electron chi connectivity index (χ4n) is 1.46. The molecule has 21 heavy (non-hydrogen) atoms. The molecule has 0 fully saturated rings. The fraction of sp³-hybridized carbons (Fsp3) is 0.333. The third-order valence-corrected chi connectivity index (χ3v) is 2.62. The maximum absolute atomic E-state index is 12.4. The van der Waals surface area contributed by atoms with Gasteiger partial charge in [0.1, 0.15) is 11.6 Å². The number of alkyl halides is 3. The quantitative estimate of drug-likeness (QED) is 0.358. The second-order valence-corrected chi connectivity index (χ2v) is 4.28. The van der Waals surface area contributed by atoms with Crippen molar-refractivity contribution in [3.05, 3.63) is 41.0 Å². The highest BCUT2D eigenvalue weighted by atomic mass is 19.4. The Morgan fingerprint density at radius 1 is 1.33 bits per heavy atom. The molecule has 0 aromatic heterocycles. The van der Waals surface area contributed by atoms with Gasteiger partial charge in [-0.15, -0.1) is 0 Å². The molecule has 0 aliphatic rings. The third kappa shape index (κ3) is 5.30. The number of ether oxygens (including phenoxy) is 1. The van der Waals surface area contributed by atoms with E-state index in [1.54, 1.807) is 6.07 Å². The second kappa shape index (κ2) is 7.48. The van der Waals surface area contributed by atoms with Crippen LogP contribution in [0.4, 0.5) is 13.2 Å². The van der Waals surface area contributed by atoms with Crippen molar-refractivity contribution >= 4 is 12.0 Å². The summed E-state index contributed by atoms with van der Waals surface area (Å²) in [4.78, 5) is 11.6. The molecular weight excluding hydrogens is 283 g/mol. The van der Waals surface area contributed by atoms with Crippen LogP contribution < -0.4 is 0 Å². The maximum Gasteiger partial charge on any atom is 0.416 e. The minimum atomic E-state index is -4.42. The Balaban J connectivity index is 2.84. The van der Waals surface area contributed by atoms with Crippen LogP contribution in [0.3, 0.4) is 0 Å². The van der Waals surface area contributed by atoms with Crippen LogP contribution in [0.15, 0.2) is 29.8 Å². The summed E-state index contributed by atoms with van der Waals surface area (Å²) < 4.78 is 42.1. The zero-order chi connectivity index (χ0) is 15.9. The number of rotatable bonds is 5. The SMILES string of the molecule is CCCCOC(=O)C(C#N)=Cc1ccc(C(F)(F)F)cc1. The van der Waals surface area contributed by atoms with E-state index in [1.165, 1.54) is 18.2 Å². The van der Waals surface area contributed by atoms with Crippen LogP contribution in [0, 0.1) is 11.3 Å². The van der Waals surface area contributed by atoms with Crippen molar-refractivity contribution in [3.63, 3.8) is 0 Å². The number of esters is 1. The molecule has 0 saturated heterocycles. The average molecular weight is 297 g/mol. The molecule has 0 radical (unpaired) electrons. The predicted octanol–water partition coefficient (Wildman–Crippen LogP) is 3.96. The van der Waals surface area contributed by atoms with E-state index in [-0.39, 0.29) is 12.2 Å². The van der Waals surface area contributed by atoms with Crippen molar-refractivity contribution in [1.29, 1.82) is 5.26 Å². The molecule has 0 spiro atoms. The molecule has 1 aromatic carbocycles. The summed E-state index contributed by atoms with van der Waals surface area (Å²) >= 11 is 0. The standard InChI is InChI=1S/C15H14F3NO2/c1-2-3-8-21-14(20)12(10-19)9-11-4-6-13(7-5-11)15(16,17)18/h4-7,9H,2-3,8H2,1H3. The number of hydrogen-bond donors (Lipinski definition) is 0. The van der Waals surface area contributed by atoms with E-state index in [9.17, 15) is 18.0 Å². The van der Waals surface area contributed by atoms with Crippen molar-refractivity contribution in [2.24, 2.45) is 0 Å². The highest BCUT2D eigenvalue weighted by Crippen LogP contribution is 2.29. The highest BCUT2D eigenvalue weighted by Gasteiger charge is 2.29. The van der Waals surface area contributed by atoms with E-state index < -0.39 is 17.7 Å². The number of carbonyl (C=O) groups is 1. The topological polar surface area (TPSA) is 50.1 Å². The lowest BCUT2D eigenvalue weighted by Gasteiger charge is -2.06. The zero-order valence-corrected chi connectivity index (χ0v) is 11.4. The summed E-state index contributed by atoms with van der Waals surface area (Å²) in [6.45, 7) is 2.14. The van der Waals surface area contributed by atoms with Gasteiger partial charge in [0.05, 0.1) is 12.2 Å². The van der Waals surface area contributed by atoms with Crippen molar-refractivity contribution in [2.45, 2.75) is 25.9 Å². The second-order valence-electron chi connectivity index (χ2n) is 4.28. The maximum atomic E-state index is 12.4. The lowest BCUT2D eigenvalue weighted by Crippen LogP contribution is -2.08. The van der Waals surface area contributed by atoms with Crippen LogP contribution in [0.2, 0.25) is 0 Å². The fourth-order valence-corrected chi connectivity index (χ4v) is 1.46. The summed E-state index contributed by atoms with van der Waals surface area (Å²) in [5.41, 5.74) is -0.707. The minimum Gasteiger partial charge on any atom is -0.462 e. The van der Waals surface area contributed by atoms with Gasteiger partial charge in [-0.25, -0.2) is 4.79 Å². The third-order valence-electron chi connectivity index (χ3n) is 2.62. The number of nitrogens with zero attached hydrogens (tertiary/aromatic N) is 1. The monoisotopic (exact) mass is 297 g/mol. The molecule has 1 rings (SSSR count). The molecule has 112 valence electrons. The van der Waals surface area contributed by atoms with Gasteiger partial charge >= 0.3 is 12.1 Å². The Kier molecular flexibility index (Phi) is 5.97. The number of hydrogen-bond acceptors (Lipinski definition) is 3. The normalized spacial score (nSPS) is 11.9. The van der Waals surface area contributed by atoms with Crippen LogP contribution >= 0.6 is 0 Å². The Morgan fingerprint density at radius 3 is 2.43 bits per heavy atom. The number of halogens is 3. The first-order chi connectivity index (χ1) is 9.88. The van der Waals surface area contributed by atoms with Crippen molar-refractivity contribution in [1.82, 2.24) is 0 Å². The summed E-state index contributed by atoms with van der Waals surface area (Å²) in [5.74, 6) is -0.772. The van der Waals surface area contributed by atoms with Gasteiger partial charge in [0.15, 0.2) is 0 Å². The predicted molar refractivity (Wildman–Crippen MR) is 70.9 cm³/mol. The average Bonchev–Trinajstić information content (AvgIpc) is 2.44. The number of benzene rings is 1. The van der Waals surface area contributed by atoms with E-state index in [2.05, 4.69) is 0 Å². The summed E-state index contributed by atoms with van der Waals surface area (Å²) in [7, 11) is 0. The molecule has 0 heterocycles. The van der Waals surface area contributed by atoms with Gasteiger partial charge in [0.25, 0.3) is 0 Å². The van der Waals surface area contributed by atoms with Crippen molar-refractivity contribution < 1.29 is 22.7 Å². The van der Waals surface area contributed by atoms with Crippen LogP contribution in [0.25, 0.3) is 6.08 Å². The molecule has 0 bridgehead atoms. The van der Waals surface area contributed by atoms with Crippen LogP contribution in [0.5, 0.6) is 0 Å². The lowest BCUT2D eigenvalue weighted by molar-refractivity contribution is -0.139. The zero-order valence-electron chi connectivity index (χ0n) is 11.4. The molecular formula is C15H14F3NO2. The molecule has 0 saturated carbocycles. The van der Waals surface area contributed by atoms with Crippen molar-refractivity contribution in [3.8, 4) is 6.07 Å². The Hall–Kier alpha value is -2.29. The smallest absolute Gasteiger partial charge is 0.416 e. The Labute approximate surface area is 120 Å². The van der Waals surface area contributed by atoms with Gasteiger partial charge in [-0.2, -0.15) is 18.4 Å². The van der Waals surface area contributed by atoms with Crippen LogP contribution in [-0.2, 0) is 15.7 Å². The van der Waals surface area contributed by atoms with Gasteiger partial charge < -0.3 is 4.74 Å². The van der Waals surface area contributed by atoms with E-state index in [4.69, 9.17) is 10.00 Å². The lowest BCUT2D eigenvalue weighted by atomic mass is 10.1.